The number of halogens is 1. The van der Waals surface area contributed by atoms with Gasteiger partial charge in [0.05, 0.1) is 30.1 Å². The third-order valence-electron chi connectivity index (χ3n) is 3.56. The largest absolute Gasteiger partial charge is 0.497 e. The number of methoxy groups -OCH3 is 1. The van der Waals surface area contributed by atoms with E-state index in [4.69, 9.17) is 16.3 Å². The lowest BCUT2D eigenvalue weighted by atomic mass is 10.3. The number of ether oxygens (including phenoxy) is 1. The molecular formula is C15H17ClN4O. The molecule has 2 heterocycles. The summed E-state index contributed by atoms with van der Waals surface area (Å²) in [6.45, 7) is 2.56. The summed E-state index contributed by atoms with van der Waals surface area (Å²) in [5.41, 5.74) is 1.91. The zero-order valence-corrected chi connectivity index (χ0v) is 13.0. The van der Waals surface area contributed by atoms with Crippen LogP contribution < -0.4 is 4.74 Å². The molecule has 0 fully saturated rings. The van der Waals surface area contributed by atoms with Crippen LogP contribution in [0.15, 0.2) is 30.6 Å². The van der Waals surface area contributed by atoms with Gasteiger partial charge in [-0.1, -0.05) is 0 Å². The monoisotopic (exact) mass is 304 g/mol. The molecule has 21 heavy (non-hydrogen) atoms. The van der Waals surface area contributed by atoms with E-state index in [9.17, 15) is 0 Å². The van der Waals surface area contributed by atoms with Gasteiger partial charge in [0.25, 0.3) is 0 Å². The number of fused-ring (bicyclic) bond motifs is 1. The fraction of sp³-hybridized carbons (Fsp3) is 0.333. The number of hydrogen-bond acceptors (Lipinski definition) is 3. The van der Waals surface area contributed by atoms with Crippen LogP contribution in [-0.4, -0.2) is 26.2 Å². The summed E-state index contributed by atoms with van der Waals surface area (Å²) >= 11 is 6.29. The van der Waals surface area contributed by atoms with Gasteiger partial charge in [-0.15, -0.1) is 11.6 Å². The van der Waals surface area contributed by atoms with Crippen LogP contribution >= 0.6 is 11.6 Å². The molecule has 110 valence electrons. The zero-order chi connectivity index (χ0) is 15.0. The number of benzene rings is 1. The van der Waals surface area contributed by atoms with Crippen LogP contribution in [0.4, 0.5) is 0 Å². The topological polar surface area (TPSA) is 44.9 Å². The molecular weight excluding hydrogens is 288 g/mol. The van der Waals surface area contributed by atoms with Crippen molar-refractivity contribution in [1.29, 1.82) is 0 Å². The van der Waals surface area contributed by atoms with Crippen molar-refractivity contribution in [2.24, 2.45) is 7.05 Å². The van der Waals surface area contributed by atoms with Gasteiger partial charge in [-0.2, -0.15) is 0 Å². The van der Waals surface area contributed by atoms with Crippen LogP contribution in [0, 0.1) is 0 Å². The quantitative estimate of drug-likeness (QED) is 0.696. The van der Waals surface area contributed by atoms with Crippen molar-refractivity contribution in [3.05, 3.63) is 42.2 Å². The minimum Gasteiger partial charge on any atom is -0.497 e. The van der Waals surface area contributed by atoms with Crippen LogP contribution in [0.3, 0.4) is 0 Å². The highest BCUT2D eigenvalue weighted by Crippen LogP contribution is 2.27. The Bertz CT molecular complexity index is 775. The molecule has 0 aliphatic carbocycles. The van der Waals surface area contributed by atoms with E-state index in [0.717, 1.165) is 28.4 Å². The van der Waals surface area contributed by atoms with Crippen LogP contribution in [0.1, 0.15) is 23.9 Å². The maximum atomic E-state index is 6.29. The molecule has 0 saturated heterocycles. The summed E-state index contributed by atoms with van der Waals surface area (Å²) in [5.74, 6) is 2.59. The minimum atomic E-state index is -0.177. The number of rotatable bonds is 4. The van der Waals surface area contributed by atoms with E-state index in [1.165, 1.54) is 0 Å². The van der Waals surface area contributed by atoms with Gasteiger partial charge in [-0.25, -0.2) is 9.97 Å². The Morgan fingerprint density at radius 3 is 2.81 bits per heavy atom. The molecule has 0 bridgehead atoms. The molecule has 1 unspecified atom stereocenters. The standard InChI is InChI=1S/C15H17ClN4O/c1-10(16)15-18-12-8-11(21-3)4-5-13(12)20(15)9-14-17-6-7-19(14)2/h4-8,10H,9H2,1-3H3. The summed E-state index contributed by atoms with van der Waals surface area (Å²) in [5, 5.41) is -0.177. The molecule has 0 aliphatic rings. The van der Waals surface area contributed by atoms with Crippen molar-refractivity contribution in [3.8, 4) is 5.75 Å². The van der Waals surface area contributed by atoms with Crippen molar-refractivity contribution in [2.75, 3.05) is 7.11 Å². The van der Waals surface area contributed by atoms with E-state index in [2.05, 4.69) is 14.5 Å². The van der Waals surface area contributed by atoms with Gasteiger partial charge < -0.3 is 13.9 Å². The summed E-state index contributed by atoms with van der Waals surface area (Å²) in [6.07, 6.45) is 3.72. The Labute approximate surface area is 128 Å². The maximum absolute atomic E-state index is 6.29. The predicted octanol–water partition coefficient (Wildman–Crippen LogP) is 3.13. The van der Waals surface area contributed by atoms with Crippen molar-refractivity contribution < 1.29 is 4.74 Å². The van der Waals surface area contributed by atoms with Crippen LogP contribution in [0.2, 0.25) is 0 Å². The molecule has 1 atom stereocenters. The highest BCUT2D eigenvalue weighted by atomic mass is 35.5. The van der Waals surface area contributed by atoms with Gasteiger partial charge in [0, 0.05) is 25.5 Å². The van der Waals surface area contributed by atoms with E-state index in [0.29, 0.717) is 6.54 Å². The Morgan fingerprint density at radius 1 is 1.38 bits per heavy atom. The third kappa shape index (κ3) is 2.49. The smallest absolute Gasteiger partial charge is 0.128 e. The molecule has 0 spiro atoms. The number of imidazole rings is 2. The summed E-state index contributed by atoms with van der Waals surface area (Å²) < 4.78 is 9.36. The van der Waals surface area contributed by atoms with E-state index < -0.39 is 0 Å². The predicted molar refractivity (Wildman–Crippen MR) is 82.9 cm³/mol. The molecule has 3 aromatic rings. The highest BCUT2D eigenvalue weighted by Gasteiger charge is 2.16. The fourth-order valence-corrected chi connectivity index (χ4v) is 2.58. The minimum absolute atomic E-state index is 0.177. The lowest BCUT2D eigenvalue weighted by Crippen LogP contribution is -2.09. The molecule has 1 aromatic carbocycles. The van der Waals surface area contributed by atoms with Gasteiger partial charge in [0.15, 0.2) is 0 Å². The molecule has 3 rings (SSSR count). The molecule has 0 aliphatic heterocycles. The van der Waals surface area contributed by atoms with Crippen molar-refractivity contribution in [2.45, 2.75) is 18.8 Å². The van der Waals surface area contributed by atoms with Gasteiger partial charge in [-0.05, 0) is 19.1 Å². The number of hydrogen-bond donors (Lipinski definition) is 0. The third-order valence-corrected chi connectivity index (χ3v) is 3.76. The molecule has 5 nitrogen and oxygen atoms in total. The fourth-order valence-electron chi connectivity index (χ4n) is 2.42. The van der Waals surface area contributed by atoms with Crippen LogP contribution in [-0.2, 0) is 13.6 Å². The van der Waals surface area contributed by atoms with Gasteiger partial charge in [0.1, 0.15) is 17.4 Å². The first-order valence-corrected chi connectivity index (χ1v) is 7.18. The number of aromatic nitrogens is 4. The Hall–Kier alpha value is -2.01. The van der Waals surface area contributed by atoms with Crippen molar-refractivity contribution in [1.82, 2.24) is 19.1 Å². The van der Waals surface area contributed by atoms with Gasteiger partial charge >= 0.3 is 0 Å². The zero-order valence-electron chi connectivity index (χ0n) is 12.2. The average molecular weight is 305 g/mol. The van der Waals surface area contributed by atoms with E-state index in [1.54, 1.807) is 13.3 Å². The molecule has 0 radical (unpaired) electrons. The van der Waals surface area contributed by atoms with Gasteiger partial charge in [0.2, 0.25) is 0 Å². The SMILES string of the molecule is COc1ccc2c(c1)nc(C(C)Cl)n2Cc1nccn1C. The Kier molecular flexibility index (Phi) is 3.59. The van der Waals surface area contributed by atoms with Crippen molar-refractivity contribution >= 4 is 22.6 Å². The number of nitrogens with zero attached hydrogens (tertiary/aromatic N) is 4. The normalized spacial score (nSPS) is 12.8. The molecule has 6 heteroatoms. The second-order valence-electron chi connectivity index (χ2n) is 4.98. The van der Waals surface area contributed by atoms with Crippen molar-refractivity contribution in [3.63, 3.8) is 0 Å². The summed E-state index contributed by atoms with van der Waals surface area (Å²) in [6, 6.07) is 5.86. The average Bonchev–Trinajstić information content (AvgIpc) is 3.03. The second kappa shape index (κ2) is 5.41. The summed E-state index contributed by atoms with van der Waals surface area (Å²) in [7, 11) is 3.63. The summed E-state index contributed by atoms with van der Waals surface area (Å²) in [4.78, 5) is 9.02. The Balaban J connectivity index is 2.14. The lowest BCUT2D eigenvalue weighted by molar-refractivity contribution is 0.415. The number of aryl methyl sites for hydroxylation is 1. The first kappa shape index (κ1) is 13.9. The highest BCUT2D eigenvalue weighted by molar-refractivity contribution is 6.20. The van der Waals surface area contributed by atoms with Crippen LogP contribution in [0.5, 0.6) is 5.75 Å². The van der Waals surface area contributed by atoms with Gasteiger partial charge in [-0.3, -0.25) is 0 Å². The Morgan fingerprint density at radius 2 is 2.19 bits per heavy atom. The lowest BCUT2D eigenvalue weighted by Gasteiger charge is -2.10. The van der Waals surface area contributed by atoms with Crippen LogP contribution in [0.25, 0.3) is 11.0 Å². The second-order valence-corrected chi connectivity index (χ2v) is 5.64. The first-order valence-electron chi connectivity index (χ1n) is 6.74. The first-order chi connectivity index (χ1) is 10.1. The molecule has 0 N–H and O–H groups in total. The van der Waals surface area contributed by atoms with E-state index >= 15 is 0 Å². The molecule has 0 amide bonds. The molecule has 2 aromatic heterocycles. The van der Waals surface area contributed by atoms with E-state index in [-0.39, 0.29) is 5.38 Å². The van der Waals surface area contributed by atoms with E-state index in [1.807, 2.05) is 42.9 Å². The number of alkyl halides is 1. The molecule has 0 saturated carbocycles. The maximum Gasteiger partial charge on any atom is 0.128 e.